The van der Waals surface area contributed by atoms with Crippen LogP contribution in [0.25, 0.3) is 16.5 Å². The minimum Gasteiger partial charge on any atom is -0.459 e. The fraction of sp³-hybridized carbons (Fsp3) is 0.263. The number of benzene rings is 1. The first kappa shape index (κ1) is 18.9. The maximum atomic E-state index is 13.0. The lowest BCUT2D eigenvalue weighted by Crippen LogP contribution is -2.33. The SMILES string of the molecule is CC(C)(C)OC(=O)CNC(=O)C=Cc1ccc(-c2ccc(F)cc2)s1. The third kappa shape index (κ3) is 6.51. The van der Waals surface area contributed by atoms with Crippen molar-refractivity contribution in [3.05, 3.63) is 53.2 Å². The van der Waals surface area contributed by atoms with Gasteiger partial charge in [-0.1, -0.05) is 12.1 Å². The molecular weight excluding hydrogens is 341 g/mol. The highest BCUT2D eigenvalue weighted by molar-refractivity contribution is 7.16. The third-order valence-electron chi connectivity index (χ3n) is 2.98. The van der Waals surface area contributed by atoms with Gasteiger partial charge >= 0.3 is 5.97 Å². The molecule has 0 saturated carbocycles. The molecule has 0 aliphatic heterocycles. The topological polar surface area (TPSA) is 55.4 Å². The lowest BCUT2D eigenvalue weighted by molar-refractivity contribution is -0.154. The van der Waals surface area contributed by atoms with E-state index >= 15 is 0 Å². The monoisotopic (exact) mass is 361 g/mol. The highest BCUT2D eigenvalue weighted by atomic mass is 32.1. The molecule has 0 saturated heterocycles. The third-order valence-corrected chi connectivity index (χ3v) is 4.08. The summed E-state index contributed by atoms with van der Waals surface area (Å²) in [4.78, 5) is 25.2. The maximum Gasteiger partial charge on any atom is 0.325 e. The molecule has 0 aliphatic carbocycles. The Morgan fingerprint density at radius 3 is 2.48 bits per heavy atom. The molecule has 0 fully saturated rings. The normalized spacial score (nSPS) is 11.5. The maximum absolute atomic E-state index is 13.0. The highest BCUT2D eigenvalue weighted by Gasteiger charge is 2.16. The van der Waals surface area contributed by atoms with Crippen LogP contribution in [-0.4, -0.2) is 24.0 Å². The molecule has 2 rings (SSSR count). The van der Waals surface area contributed by atoms with Crippen LogP contribution in [0.1, 0.15) is 25.6 Å². The minimum absolute atomic E-state index is 0.175. The van der Waals surface area contributed by atoms with Gasteiger partial charge in [-0.3, -0.25) is 9.59 Å². The average molecular weight is 361 g/mol. The van der Waals surface area contributed by atoms with Crippen LogP contribution in [0.4, 0.5) is 4.39 Å². The summed E-state index contributed by atoms with van der Waals surface area (Å²) in [5.41, 5.74) is 0.339. The van der Waals surface area contributed by atoms with Gasteiger partial charge < -0.3 is 10.1 Å². The molecule has 6 heteroatoms. The quantitative estimate of drug-likeness (QED) is 0.646. The Kier molecular flexibility index (Phi) is 6.09. The molecule has 132 valence electrons. The van der Waals surface area contributed by atoms with Gasteiger partial charge in [-0.25, -0.2) is 4.39 Å². The number of carbonyl (C=O) groups excluding carboxylic acids is 2. The summed E-state index contributed by atoms with van der Waals surface area (Å²) >= 11 is 1.49. The van der Waals surface area contributed by atoms with Crippen LogP contribution < -0.4 is 5.32 Å². The first-order valence-electron chi connectivity index (χ1n) is 7.76. The number of hydrogen-bond acceptors (Lipinski definition) is 4. The van der Waals surface area contributed by atoms with Crippen LogP contribution in [-0.2, 0) is 14.3 Å². The second-order valence-corrected chi connectivity index (χ2v) is 7.46. The number of thiophene rings is 1. The van der Waals surface area contributed by atoms with Gasteiger partial charge in [0.15, 0.2) is 0 Å². The predicted octanol–water partition coefficient (Wildman–Crippen LogP) is 4.03. The Morgan fingerprint density at radius 2 is 1.84 bits per heavy atom. The second-order valence-electron chi connectivity index (χ2n) is 6.35. The molecule has 0 spiro atoms. The molecule has 1 aromatic carbocycles. The fourth-order valence-electron chi connectivity index (χ4n) is 1.97. The van der Waals surface area contributed by atoms with E-state index in [0.29, 0.717) is 0 Å². The van der Waals surface area contributed by atoms with Gasteiger partial charge in [0.1, 0.15) is 18.0 Å². The van der Waals surface area contributed by atoms with Gasteiger partial charge in [-0.2, -0.15) is 0 Å². The average Bonchev–Trinajstić information content (AvgIpc) is 2.99. The van der Waals surface area contributed by atoms with E-state index in [1.54, 1.807) is 39.0 Å². The molecule has 0 radical (unpaired) electrons. The van der Waals surface area contributed by atoms with E-state index in [4.69, 9.17) is 4.74 Å². The number of rotatable bonds is 5. The van der Waals surface area contributed by atoms with Crippen molar-refractivity contribution in [2.75, 3.05) is 6.54 Å². The molecule has 1 amide bonds. The van der Waals surface area contributed by atoms with Crippen molar-refractivity contribution >= 4 is 29.3 Å². The Morgan fingerprint density at radius 1 is 1.16 bits per heavy atom. The number of esters is 1. The van der Waals surface area contributed by atoms with Crippen LogP contribution in [0, 0.1) is 5.82 Å². The fourth-order valence-corrected chi connectivity index (χ4v) is 2.88. The number of ether oxygens (including phenoxy) is 1. The van der Waals surface area contributed by atoms with E-state index in [9.17, 15) is 14.0 Å². The zero-order chi connectivity index (χ0) is 18.4. The Balaban J connectivity index is 1.88. The molecule has 0 unspecified atom stereocenters. The second kappa shape index (κ2) is 8.07. The van der Waals surface area contributed by atoms with Crippen LogP contribution in [0.3, 0.4) is 0 Å². The van der Waals surface area contributed by atoms with Gasteiger partial charge in [0.05, 0.1) is 0 Å². The number of nitrogens with one attached hydrogen (secondary N) is 1. The van der Waals surface area contributed by atoms with Crippen LogP contribution in [0.15, 0.2) is 42.5 Å². The van der Waals surface area contributed by atoms with Crippen molar-refractivity contribution < 1.29 is 18.7 Å². The van der Waals surface area contributed by atoms with Gasteiger partial charge in [0.25, 0.3) is 0 Å². The number of hydrogen-bond donors (Lipinski definition) is 1. The van der Waals surface area contributed by atoms with E-state index < -0.39 is 11.6 Å². The summed E-state index contributed by atoms with van der Waals surface area (Å²) in [5.74, 6) is -1.13. The smallest absolute Gasteiger partial charge is 0.325 e. The summed E-state index contributed by atoms with van der Waals surface area (Å²) in [6.45, 7) is 5.12. The van der Waals surface area contributed by atoms with Crippen molar-refractivity contribution in [2.24, 2.45) is 0 Å². The van der Waals surface area contributed by atoms with Crippen molar-refractivity contribution in [1.29, 1.82) is 0 Å². The molecule has 4 nitrogen and oxygen atoms in total. The summed E-state index contributed by atoms with van der Waals surface area (Å²) < 4.78 is 18.1. The molecule has 0 bridgehead atoms. The molecule has 0 atom stereocenters. The highest BCUT2D eigenvalue weighted by Crippen LogP contribution is 2.28. The number of halogens is 1. The minimum atomic E-state index is -0.578. The van der Waals surface area contributed by atoms with Gasteiger partial charge in [0.2, 0.25) is 5.91 Å². The molecule has 2 aromatic rings. The molecule has 1 heterocycles. The lowest BCUT2D eigenvalue weighted by atomic mass is 10.2. The summed E-state index contributed by atoms with van der Waals surface area (Å²) in [6.07, 6.45) is 3.03. The van der Waals surface area contributed by atoms with Gasteiger partial charge in [-0.15, -0.1) is 11.3 Å². The zero-order valence-electron chi connectivity index (χ0n) is 14.3. The first-order valence-corrected chi connectivity index (χ1v) is 8.58. The van der Waals surface area contributed by atoms with Gasteiger partial charge in [0, 0.05) is 15.8 Å². The van der Waals surface area contributed by atoms with Crippen LogP contribution in [0.5, 0.6) is 0 Å². The number of carbonyl (C=O) groups is 2. The summed E-state index contributed by atoms with van der Waals surface area (Å²) in [6, 6.07) is 10.0. The van der Waals surface area contributed by atoms with E-state index in [1.165, 1.54) is 29.5 Å². The van der Waals surface area contributed by atoms with Gasteiger partial charge in [-0.05, 0) is 56.7 Å². The Hall–Kier alpha value is -2.47. The zero-order valence-corrected chi connectivity index (χ0v) is 15.2. The lowest BCUT2D eigenvalue weighted by Gasteiger charge is -2.19. The van der Waals surface area contributed by atoms with Crippen LogP contribution in [0.2, 0.25) is 0 Å². The first-order chi connectivity index (χ1) is 11.7. The van der Waals surface area contributed by atoms with E-state index in [-0.39, 0.29) is 18.3 Å². The van der Waals surface area contributed by atoms with Crippen molar-refractivity contribution in [1.82, 2.24) is 5.32 Å². The largest absolute Gasteiger partial charge is 0.459 e. The van der Waals surface area contributed by atoms with Crippen molar-refractivity contribution in [3.8, 4) is 10.4 Å². The van der Waals surface area contributed by atoms with Crippen LogP contribution >= 0.6 is 11.3 Å². The Bertz CT molecular complexity index is 773. The molecule has 1 N–H and O–H groups in total. The van der Waals surface area contributed by atoms with Crippen molar-refractivity contribution in [2.45, 2.75) is 26.4 Å². The predicted molar refractivity (Wildman–Crippen MR) is 97.6 cm³/mol. The molecular formula is C19H20FNO3S. The molecule has 0 aliphatic rings. The number of amides is 1. The molecule has 1 aromatic heterocycles. The van der Waals surface area contributed by atoms with E-state index in [1.807, 2.05) is 12.1 Å². The summed E-state index contributed by atoms with van der Waals surface area (Å²) in [5, 5.41) is 2.48. The van der Waals surface area contributed by atoms with Crippen molar-refractivity contribution in [3.63, 3.8) is 0 Å². The molecule has 25 heavy (non-hydrogen) atoms. The van der Waals surface area contributed by atoms with E-state index in [2.05, 4.69) is 5.32 Å². The van der Waals surface area contributed by atoms with E-state index in [0.717, 1.165) is 15.3 Å². The Labute approximate surface area is 150 Å². The standard InChI is InChI=1S/C19H20FNO3S/c1-19(2,3)24-18(23)12-21-17(22)11-9-15-8-10-16(25-15)13-4-6-14(20)7-5-13/h4-11H,12H2,1-3H3,(H,21,22). The summed E-state index contributed by atoms with van der Waals surface area (Å²) in [7, 11) is 0.